The van der Waals surface area contributed by atoms with Gasteiger partial charge in [-0.3, -0.25) is 9.79 Å². The maximum atomic E-state index is 12.9. The van der Waals surface area contributed by atoms with Gasteiger partial charge in [0.2, 0.25) is 0 Å². The average molecular weight is 431 g/mol. The minimum Gasteiger partial charge on any atom is -0.497 e. The van der Waals surface area contributed by atoms with E-state index in [2.05, 4.69) is 4.90 Å². The van der Waals surface area contributed by atoms with Crippen molar-refractivity contribution < 1.29 is 9.53 Å². The summed E-state index contributed by atoms with van der Waals surface area (Å²) < 4.78 is 5.26. The van der Waals surface area contributed by atoms with Gasteiger partial charge in [-0.05, 0) is 44.0 Å². The van der Waals surface area contributed by atoms with E-state index in [4.69, 9.17) is 9.73 Å². The van der Waals surface area contributed by atoms with Gasteiger partial charge in [0.1, 0.15) is 11.6 Å². The molecule has 0 bridgehead atoms. The lowest BCUT2D eigenvalue weighted by Gasteiger charge is -2.26. The van der Waals surface area contributed by atoms with E-state index in [9.17, 15) is 4.79 Å². The van der Waals surface area contributed by atoms with Crippen LogP contribution in [0.25, 0.3) is 0 Å². The van der Waals surface area contributed by atoms with Gasteiger partial charge in [-0.15, -0.1) is 17.0 Å². The van der Waals surface area contributed by atoms with Crippen LogP contribution in [0.15, 0.2) is 53.5 Å². The third-order valence-corrected chi connectivity index (χ3v) is 4.72. The molecule has 0 unspecified atom stereocenters. The molecule has 0 aliphatic carbocycles. The van der Waals surface area contributed by atoms with Crippen molar-refractivity contribution in [2.75, 3.05) is 25.1 Å². The van der Waals surface area contributed by atoms with Crippen LogP contribution in [-0.4, -0.2) is 31.8 Å². The van der Waals surface area contributed by atoms with Gasteiger partial charge in [0.25, 0.3) is 0 Å². The first-order chi connectivity index (χ1) is 12.7. The molecule has 0 saturated heterocycles. The molecule has 1 aliphatic rings. The molecule has 0 N–H and O–H groups in total. The first kappa shape index (κ1) is 21.2. The summed E-state index contributed by atoms with van der Waals surface area (Å²) in [6.45, 7) is 3.16. The molecule has 0 saturated carbocycles. The highest BCUT2D eigenvalue weighted by atomic mass is 79.9. The van der Waals surface area contributed by atoms with Crippen LogP contribution in [-0.2, 0) is 0 Å². The zero-order chi connectivity index (χ0) is 18.4. The van der Waals surface area contributed by atoms with Crippen molar-refractivity contribution in [1.82, 2.24) is 0 Å². The maximum Gasteiger partial charge on any atom is 0.182 e. The number of ketones is 1. The Morgan fingerprint density at radius 1 is 1.04 bits per heavy atom. The van der Waals surface area contributed by atoms with Crippen LogP contribution in [0.2, 0.25) is 0 Å². The number of aliphatic imine (C=N–C) groups is 1. The van der Waals surface area contributed by atoms with E-state index in [1.54, 1.807) is 7.11 Å². The summed E-state index contributed by atoms with van der Waals surface area (Å²) in [5, 5.41) is 0. The predicted molar refractivity (Wildman–Crippen MR) is 117 cm³/mol. The predicted octanol–water partition coefficient (Wildman–Crippen LogP) is 5.24. The van der Waals surface area contributed by atoms with E-state index >= 15 is 0 Å². The second-order valence-corrected chi connectivity index (χ2v) is 6.68. The monoisotopic (exact) mass is 430 g/mol. The molecule has 1 heterocycles. The molecule has 0 radical (unpaired) electrons. The largest absolute Gasteiger partial charge is 0.497 e. The number of amidine groups is 1. The zero-order valence-electron chi connectivity index (χ0n) is 16.0. The van der Waals surface area contributed by atoms with E-state index in [-0.39, 0.29) is 22.8 Å². The second-order valence-electron chi connectivity index (χ2n) is 6.68. The molecule has 4 nitrogen and oxygen atoms in total. The number of aryl methyl sites for hydroxylation is 1. The number of halogens is 1. The molecule has 0 aromatic heterocycles. The van der Waals surface area contributed by atoms with Crippen molar-refractivity contribution >= 4 is 34.3 Å². The second kappa shape index (κ2) is 10.3. The van der Waals surface area contributed by atoms with Crippen LogP contribution in [0.3, 0.4) is 0 Å². The Kier molecular flexibility index (Phi) is 8.04. The van der Waals surface area contributed by atoms with Crippen molar-refractivity contribution in [3.05, 3.63) is 59.7 Å². The summed E-state index contributed by atoms with van der Waals surface area (Å²) in [7, 11) is 1.66. The average Bonchev–Trinajstić information content (AvgIpc) is 2.96. The van der Waals surface area contributed by atoms with Gasteiger partial charge < -0.3 is 9.64 Å². The molecule has 0 amide bonds. The van der Waals surface area contributed by atoms with E-state index < -0.39 is 0 Å². The molecule has 144 valence electrons. The first-order valence-corrected chi connectivity index (χ1v) is 9.22. The number of anilines is 1. The zero-order valence-corrected chi connectivity index (χ0v) is 17.7. The highest BCUT2D eigenvalue weighted by Crippen LogP contribution is 2.23. The molecule has 0 atom stereocenters. The molecule has 5 heteroatoms. The van der Waals surface area contributed by atoms with Crippen molar-refractivity contribution in [1.29, 1.82) is 0 Å². The van der Waals surface area contributed by atoms with Gasteiger partial charge in [0, 0.05) is 24.2 Å². The van der Waals surface area contributed by atoms with Crippen LogP contribution in [0.1, 0.15) is 41.6 Å². The standard InChI is InChI=1S/C22H26N2O2.BrH/c1-17-7-9-18(10-8-17)21(25)16-24(22-6-4-3-5-15-23-22)19-11-13-20(26-2)14-12-19;/h7-14H,3-6,15-16H2,1-2H3;1H. The van der Waals surface area contributed by atoms with Crippen molar-refractivity contribution in [2.24, 2.45) is 4.99 Å². The van der Waals surface area contributed by atoms with Gasteiger partial charge in [-0.2, -0.15) is 0 Å². The first-order valence-electron chi connectivity index (χ1n) is 9.22. The number of hydrogen-bond acceptors (Lipinski definition) is 4. The van der Waals surface area contributed by atoms with Gasteiger partial charge >= 0.3 is 0 Å². The Morgan fingerprint density at radius 3 is 2.41 bits per heavy atom. The van der Waals surface area contributed by atoms with Crippen molar-refractivity contribution in [3.8, 4) is 5.75 Å². The smallest absolute Gasteiger partial charge is 0.182 e. The topological polar surface area (TPSA) is 41.9 Å². The summed E-state index contributed by atoms with van der Waals surface area (Å²) in [5.41, 5.74) is 2.87. The summed E-state index contributed by atoms with van der Waals surface area (Å²) in [6.07, 6.45) is 4.33. The minimum absolute atomic E-state index is 0. The molecular weight excluding hydrogens is 404 g/mol. The SMILES string of the molecule is Br.COc1ccc(N(CC(=O)c2ccc(C)cc2)C2=NCCCCC2)cc1. The van der Waals surface area contributed by atoms with Gasteiger partial charge in [0.05, 0.1) is 13.7 Å². The Balaban J connectivity index is 0.00000261. The van der Waals surface area contributed by atoms with Crippen LogP contribution >= 0.6 is 17.0 Å². The van der Waals surface area contributed by atoms with E-state index in [0.29, 0.717) is 6.54 Å². The molecule has 2 aromatic carbocycles. The third-order valence-electron chi connectivity index (χ3n) is 4.72. The Hall–Kier alpha value is -2.14. The molecule has 27 heavy (non-hydrogen) atoms. The Morgan fingerprint density at radius 2 is 1.74 bits per heavy atom. The number of carbonyl (C=O) groups excluding carboxylic acids is 1. The molecule has 0 fully saturated rings. The van der Waals surface area contributed by atoms with Crippen LogP contribution in [0.5, 0.6) is 5.75 Å². The van der Waals surface area contributed by atoms with E-state index in [1.165, 1.54) is 6.42 Å². The lowest BCUT2D eigenvalue weighted by atomic mass is 10.1. The fourth-order valence-electron chi connectivity index (χ4n) is 3.15. The number of Topliss-reactive ketones (excluding diaryl/α,β-unsaturated/α-hetero) is 1. The minimum atomic E-state index is 0. The van der Waals surface area contributed by atoms with Gasteiger partial charge in [-0.1, -0.05) is 36.2 Å². The number of benzene rings is 2. The van der Waals surface area contributed by atoms with Gasteiger partial charge in [0.15, 0.2) is 5.78 Å². The normalized spacial score (nSPS) is 13.8. The van der Waals surface area contributed by atoms with E-state index in [0.717, 1.165) is 54.2 Å². The summed E-state index contributed by atoms with van der Waals surface area (Å²) >= 11 is 0. The number of ether oxygens (including phenoxy) is 1. The Labute approximate surface area is 172 Å². The lowest BCUT2D eigenvalue weighted by Crippen LogP contribution is -2.36. The summed E-state index contributed by atoms with van der Waals surface area (Å²) in [5.74, 6) is 1.92. The molecule has 3 rings (SSSR count). The summed E-state index contributed by atoms with van der Waals surface area (Å²) in [4.78, 5) is 19.7. The fourth-order valence-corrected chi connectivity index (χ4v) is 3.15. The van der Waals surface area contributed by atoms with Crippen molar-refractivity contribution in [2.45, 2.75) is 32.6 Å². The third kappa shape index (κ3) is 5.67. The van der Waals surface area contributed by atoms with Crippen LogP contribution in [0.4, 0.5) is 5.69 Å². The lowest BCUT2D eigenvalue weighted by molar-refractivity contribution is 0.100. The maximum absolute atomic E-state index is 12.9. The number of carbonyl (C=O) groups is 1. The molecular formula is C22H27BrN2O2. The molecule has 0 spiro atoms. The number of hydrogen-bond donors (Lipinski definition) is 0. The highest BCUT2D eigenvalue weighted by Gasteiger charge is 2.19. The Bertz CT molecular complexity index is 770. The van der Waals surface area contributed by atoms with E-state index in [1.807, 2.05) is 55.5 Å². The number of methoxy groups -OCH3 is 1. The van der Waals surface area contributed by atoms with Crippen LogP contribution < -0.4 is 9.64 Å². The molecule has 2 aromatic rings. The number of nitrogens with zero attached hydrogens (tertiary/aromatic N) is 2. The van der Waals surface area contributed by atoms with Crippen molar-refractivity contribution in [3.63, 3.8) is 0 Å². The van der Waals surface area contributed by atoms with Crippen LogP contribution in [0, 0.1) is 6.92 Å². The number of rotatable bonds is 5. The fraction of sp³-hybridized carbons (Fsp3) is 0.364. The highest BCUT2D eigenvalue weighted by molar-refractivity contribution is 8.93. The summed E-state index contributed by atoms with van der Waals surface area (Å²) in [6, 6.07) is 15.6. The van der Waals surface area contributed by atoms with Gasteiger partial charge in [-0.25, -0.2) is 0 Å². The molecule has 1 aliphatic heterocycles. The quantitative estimate of drug-likeness (QED) is 0.608.